The Kier molecular flexibility index (Phi) is 7.48. The second kappa shape index (κ2) is 10.8. The lowest BCUT2D eigenvalue weighted by atomic mass is 9.96. The van der Waals surface area contributed by atoms with Gasteiger partial charge >= 0.3 is 0 Å². The van der Waals surface area contributed by atoms with E-state index in [1.165, 1.54) is 0 Å². The maximum absolute atomic E-state index is 10.6. The lowest BCUT2D eigenvalue weighted by Crippen LogP contribution is -2.39. The molecule has 2 aliphatic rings. The van der Waals surface area contributed by atoms with Crippen LogP contribution in [0.1, 0.15) is 41.1 Å². The number of pyridine rings is 1. The van der Waals surface area contributed by atoms with Crippen LogP contribution in [0.3, 0.4) is 0 Å². The molecule has 0 bridgehead atoms. The SMILES string of the molecule is Cc1cc([C@@H]2[C@@H](c3ccccn3)NC(=S)N2CCCN2CCOCC2)c(C)n1-c1cc(Cl)ccc1O. The van der Waals surface area contributed by atoms with Crippen LogP contribution in [-0.2, 0) is 4.74 Å². The maximum atomic E-state index is 10.6. The number of ether oxygens (including phenoxy) is 1. The third-order valence-electron chi connectivity index (χ3n) is 7.14. The summed E-state index contributed by atoms with van der Waals surface area (Å²) in [6.45, 7) is 9.55. The van der Waals surface area contributed by atoms with Crippen LogP contribution in [0.15, 0.2) is 48.7 Å². The fourth-order valence-corrected chi connectivity index (χ4v) is 5.91. The van der Waals surface area contributed by atoms with E-state index >= 15 is 0 Å². The molecule has 0 radical (unpaired) electrons. The number of phenols is 1. The standard InChI is InChI=1S/C27H32ClN5O2S/c1-18-16-21(19(2)33(18)23-17-20(28)7-8-24(23)34)26-25(22-6-3-4-9-29-22)30-27(36)32(26)11-5-10-31-12-14-35-15-13-31/h3-4,6-9,16-17,25-26,34H,5,10-15H2,1-2H3,(H,30,36)/t25-,26-/m1/s1. The van der Waals surface area contributed by atoms with Crippen LogP contribution in [0, 0.1) is 13.8 Å². The zero-order valence-electron chi connectivity index (χ0n) is 20.7. The number of hydrogen-bond acceptors (Lipinski definition) is 5. The van der Waals surface area contributed by atoms with Crippen molar-refractivity contribution in [2.45, 2.75) is 32.4 Å². The normalized spacial score (nSPS) is 20.6. The molecule has 0 unspecified atom stereocenters. The zero-order chi connectivity index (χ0) is 25.2. The van der Waals surface area contributed by atoms with E-state index in [4.69, 9.17) is 28.6 Å². The first-order chi connectivity index (χ1) is 17.4. The van der Waals surface area contributed by atoms with Crippen LogP contribution in [-0.4, -0.2) is 69.0 Å². The van der Waals surface area contributed by atoms with Crippen molar-refractivity contribution < 1.29 is 9.84 Å². The number of morpholine rings is 1. The molecule has 2 aromatic heterocycles. The van der Waals surface area contributed by atoms with Gasteiger partial charge in [-0.05, 0) is 74.4 Å². The molecular formula is C27H32ClN5O2S. The van der Waals surface area contributed by atoms with E-state index in [-0.39, 0.29) is 17.8 Å². The van der Waals surface area contributed by atoms with E-state index in [2.05, 4.69) is 44.6 Å². The Morgan fingerprint density at radius 2 is 1.94 bits per heavy atom. The first-order valence-corrected chi connectivity index (χ1v) is 13.2. The minimum atomic E-state index is -0.0796. The van der Waals surface area contributed by atoms with Gasteiger partial charge in [0.1, 0.15) is 5.75 Å². The summed E-state index contributed by atoms with van der Waals surface area (Å²) in [4.78, 5) is 9.42. The van der Waals surface area contributed by atoms with Crippen molar-refractivity contribution in [3.8, 4) is 11.4 Å². The Morgan fingerprint density at radius 3 is 2.69 bits per heavy atom. The topological polar surface area (TPSA) is 65.8 Å². The number of nitrogens with one attached hydrogen (secondary N) is 1. The molecular weight excluding hydrogens is 494 g/mol. The molecule has 3 aromatic rings. The first-order valence-electron chi connectivity index (χ1n) is 12.4. The summed E-state index contributed by atoms with van der Waals surface area (Å²) in [5.41, 5.74) is 4.84. The quantitative estimate of drug-likeness (QED) is 0.439. The van der Waals surface area contributed by atoms with E-state index < -0.39 is 0 Å². The molecule has 0 aliphatic carbocycles. The Hall–Kier alpha value is -2.65. The average molecular weight is 526 g/mol. The number of benzene rings is 1. The van der Waals surface area contributed by atoms with E-state index in [0.29, 0.717) is 10.7 Å². The molecule has 1 aromatic carbocycles. The minimum Gasteiger partial charge on any atom is -0.506 e. The van der Waals surface area contributed by atoms with Gasteiger partial charge in [0.2, 0.25) is 0 Å². The minimum absolute atomic E-state index is 0.0293. The fourth-order valence-electron chi connectivity index (χ4n) is 5.41. The summed E-state index contributed by atoms with van der Waals surface area (Å²) in [5.74, 6) is 0.191. The smallest absolute Gasteiger partial charge is 0.170 e. The number of nitrogens with zero attached hydrogens (tertiary/aromatic N) is 4. The first kappa shape index (κ1) is 25.0. The van der Waals surface area contributed by atoms with Gasteiger partial charge in [-0.3, -0.25) is 9.88 Å². The number of aromatic hydroxyl groups is 1. The van der Waals surface area contributed by atoms with Gasteiger partial charge in [-0.25, -0.2) is 0 Å². The highest BCUT2D eigenvalue weighted by atomic mass is 35.5. The Bertz CT molecular complexity index is 1230. The maximum Gasteiger partial charge on any atom is 0.170 e. The van der Waals surface area contributed by atoms with Crippen LogP contribution < -0.4 is 5.32 Å². The molecule has 0 amide bonds. The summed E-state index contributed by atoms with van der Waals surface area (Å²) in [6, 6.07) is 13.2. The van der Waals surface area contributed by atoms with Gasteiger partial charge in [-0.2, -0.15) is 0 Å². The second-order valence-electron chi connectivity index (χ2n) is 9.42. The predicted molar refractivity (Wildman–Crippen MR) is 146 cm³/mol. The number of halogens is 1. The Balaban J connectivity index is 1.50. The monoisotopic (exact) mass is 525 g/mol. The molecule has 9 heteroatoms. The zero-order valence-corrected chi connectivity index (χ0v) is 22.2. The third-order valence-corrected chi connectivity index (χ3v) is 7.73. The largest absolute Gasteiger partial charge is 0.506 e. The van der Waals surface area contributed by atoms with Gasteiger partial charge in [-0.1, -0.05) is 17.7 Å². The van der Waals surface area contributed by atoms with Crippen molar-refractivity contribution in [3.63, 3.8) is 0 Å². The number of aromatic nitrogens is 2. The molecule has 2 atom stereocenters. The van der Waals surface area contributed by atoms with Crippen LogP contribution >= 0.6 is 23.8 Å². The summed E-state index contributed by atoms with van der Waals surface area (Å²) >= 11 is 12.2. The molecule has 2 saturated heterocycles. The molecule has 0 spiro atoms. The molecule has 4 heterocycles. The summed E-state index contributed by atoms with van der Waals surface area (Å²) in [5, 5.41) is 15.5. The van der Waals surface area contributed by atoms with Gasteiger partial charge in [0.25, 0.3) is 0 Å². The molecule has 190 valence electrons. The molecule has 2 fully saturated rings. The number of hydrogen-bond donors (Lipinski definition) is 2. The van der Waals surface area contributed by atoms with Gasteiger partial charge in [0.15, 0.2) is 5.11 Å². The number of rotatable bonds is 7. The van der Waals surface area contributed by atoms with Gasteiger partial charge in [-0.15, -0.1) is 0 Å². The van der Waals surface area contributed by atoms with E-state index in [9.17, 15) is 5.11 Å². The van der Waals surface area contributed by atoms with Crippen LogP contribution in [0.4, 0.5) is 0 Å². The molecule has 5 rings (SSSR count). The van der Waals surface area contributed by atoms with Crippen molar-refractivity contribution in [2.75, 3.05) is 39.4 Å². The van der Waals surface area contributed by atoms with Crippen molar-refractivity contribution in [3.05, 3.63) is 76.3 Å². The molecule has 0 saturated carbocycles. The van der Waals surface area contributed by atoms with E-state index in [0.717, 1.165) is 73.6 Å². The van der Waals surface area contributed by atoms with E-state index in [1.54, 1.807) is 18.2 Å². The number of thiocarbonyl (C=S) groups is 1. The number of phenolic OH excluding ortho intramolecular Hbond substituents is 1. The Labute approximate surface area is 222 Å². The van der Waals surface area contributed by atoms with Crippen molar-refractivity contribution in [1.82, 2.24) is 24.7 Å². The molecule has 7 nitrogen and oxygen atoms in total. The molecule has 2 N–H and O–H groups in total. The average Bonchev–Trinajstić information content (AvgIpc) is 3.36. The summed E-state index contributed by atoms with van der Waals surface area (Å²) in [7, 11) is 0. The summed E-state index contributed by atoms with van der Waals surface area (Å²) in [6.07, 6.45) is 2.83. The highest BCUT2D eigenvalue weighted by Gasteiger charge is 2.41. The molecule has 2 aliphatic heterocycles. The van der Waals surface area contributed by atoms with E-state index in [1.807, 2.05) is 24.4 Å². The van der Waals surface area contributed by atoms with Gasteiger partial charge in [0, 0.05) is 48.8 Å². The predicted octanol–water partition coefficient (Wildman–Crippen LogP) is 4.54. The van der Waals surface area contributed by atoms with Gasteiger partial charge in [0.05, 0.1) is 36.7 Å². The van der Waals surface area contributed by atoms with Crippen LogP contribution in [0.2, 0.25) is 5.02 Å². The van der Waals surface area contributed by atoms with Crippen molar-refractivity contribution in [1.29, 1.82) is 0 Å². The highest BCUT2D eigenvalue weighted by molar-refractivity contribution is 7.80. The number of aryl methyl sites for hydroxylation is 1. The molecule has 36 heavy (non-hydrogen) atoms. The lowest BCUT2D eigenvalue weighted by Gasteiger charge is -2.30. The van der Waals surface area contributed by atoms with Crippen molar-refractivity contribution in [2.24, 2.45) is 0 Å². The Morgan fingerprint density at radius 1 is 1.14 bits per heavy atom. The van der Waals surface area contributed by atoms with Crippen molar-refractivity contribution >= 4 is 28.9 Å². The van der Waals surface area contributed by atoms with Gasteiger partial charge < -0.3 is 24.6 Å². The van der Waals surface area contributed by atoms with Crippen LogP contribution in [0.25, 0.3) is 5.69 Å². The van der Waals surface area contributed by atoms with Crippen LogP contribution in [0.5, 0.6) is 5.75 Å². The second-order valence-corrected chi connectivity index (χ2v) is 10.2. The lowest BCUT2D eigenvalue weighted by molar-refractivity contribution is 0.0365. The summed E-state index contributed by atoms with van der Waals surface area (Å²) < 4.78 is 7.56. The highest BCUT2D eigenvalue weighted by Crippen LogP contribution is 2.42. The third kappa shape index (κ3) is 4.95. The fraction of sp³-hybridized carbons (Fsp3) is 0.407.